The molecule has 0 spiro atoms. The van der Waals surface area contributed by atoms with E-state index in [2.05, 4.69) is 19.3 Å². The van der Waals surface area contributed by atoms with Gasteiger partial charge >= 0.3 is 0 Å². The van der Waals surface area contributed by atoms with Gasteiger partial charge in [-0.25, -0.2) is 0 Å². The van der Waals surface area contributed by atoms with Crippen molar-refractivity contribution < 1.29 is 0 Å². The van der Waals surface area contributed by atoms with Crippen molar-refractivity contribution in [2.45, 2.75) is 77.2 Å². The molecule has 2 saturated carbocycles. The Morgan fingerprint density at radius 2 is 1.82 bits per heavy atom. The Hall–Kier alpha value is -0.0400. The third-order valence-electron chi connectivity index (χ3n) is 5.26. The van der Waals surface area contributed by atoms with Crippen molar-refractivity contribution in [2.75, 3.05) is 7.05 Å². The summed E-state index contributed by atoms with van der Waals surface area (Å²) in [6.45, 7) is 2.44. The lowest BCUT2D eigenvalue weighted by atomic mass is 9.79. The average Bonchev–Trinajstić information content (AvgIpc) is 2.77. The summed E-state index contributed by atoms with van der Waals surface area (Å²) in [5, 5.41) is 3.51. The molecule has 1 heteroatoms. The van der Waals surface area contributed by atoms with Gasteiger partial charge in [-0.3, -0.25) is 0 Å². The van der Waals surface area contributed by atoms with Crippen LogP contribution in [0.25, 0.3) is 0 Å². The van der Waals surface area contributed by atoms with Gasteiger partial charge in [0.2, 0.25) is 0 Å². The first-order valence-corrected chi connectivity index (χ1v) is 7.97. The van der Waals surface area contributed by atoms with Crippen LogP contribution in [0.1, 0.15) is 71.1 Å². The highest BCUT2D eigenvalue weighted by Gasteiger charge is 2.26. The Labute approximate surface area is 108 Å². The van der Waals surface area contributed by atoms with E-state index < -0.39 is 0 Å². The van der Waals surface area contributed by atoms with E-state index in [-0.39, 0.29) is 0 Å². The van der Waals surface area contributed by atoms with E-state index in [1.807, 2.05) is 0 Å². The third kappa shape index (κ3) is 3.98. The van der Waals surface area contributed by atoms with Gasteiger partial charge in [0.1, 0.15) is 0 Å². The fourth-order valence-corrected chi connectivity index (χ4v) is 4.25. The molecule has 0 radical (unpaired) electrons. The van der Waals surface area contributed by atoms with Gasteiger partial charge in [-0.1, -0.05) is 45.4 Å². The lowest BCUT2D eigenvalue weighted by Gasteiger charge is -2.27. The highest BCUT2D eigenvalue weighted by molar-refractivity contribution is 4.82. The minimum atomic E-state index is 0.834. The lowest BCUT2D eigenvalue weighted by molar-refractivity contribution is 0.256. The molecule has 2 aliphatic carbocycles. The van der Waals surface area contributed by atoms with Gasteiger partial charge < -0.3 is 5.32 Å². The molecule has 17 heavy (non-hydrogen) atoms. The topological polar surface area (TPSA) is 12.0 Å². The van der Waals surface area contributed by atoms with E-state index in [1.54, 1.807) is 0 Å². The molecule has 0 aliphatic heterocycles. The molecule has 1 N–H and O–H groups in total. The van der Waals surface area contributed by atoms with Crippen LogP contribution in [0.15, 0.2) is 0 Å². The summed E-state index contributed by atoms with van der Waals surface area (Å²) in [5.41, 5.74) is 0. The number of hydrogen-bond donors (Lipinski definition) is 1. The van der Waals surface area contributed by atoms with Crippen molar-refractivity contribution >= 4 is 0 Å². The SMILES string of the molecule is CNC1CCCC1CCCC1CCCC(C)C1. The summed E-state index contributed by atoms with van der Waals surface area (Å²) in [4.78, 5) is 0. The second-order valence-corrected chi connectivity index (χ2v) is 6.65. The summed E-state index contributed by atoms with van der Waals surface area (Å²) in [6, 6.07) is 0.834. The largest absolute Gasteiger partial charge is 0.317 e. The molecule has 0 aromatic heterocycles. The van der Waals surface area contributed by atoms with Gasteiger partial charge in [-0.15, -0.1) is 0 Å². The zero-order chi connectivity index (χ0) is 12.1. The van der Waals surface area contributed by atoms with E-state index >= 15 is 0 Å². The van der Waals surface area contributed by atoms with E-state index in [1.165, 1.54) is 64.2 Å². The van der Waals surface area contributed by atoms with Crippen LogP contribution in [0.4, 0.5) is 0 Å². The molecule has 2 aliphatic rings. The summed E-state index contributed by atoms with van der Waals surface area (Å²) < 4.78 is 0. The normalized spacial score (nSPS) is 38.5. The van der Waals surface area contributed by atoms with Crippen LogP contribution < -0.4 is 5.32 Å². The minimum absolute atomic E-state index is 0.834. The lowest BCUT2D eigenvalue weighted by Crippen LogP contribution is -2.28. The van der Waals surface area contributed by atoms with Crippen molar-refractivity contribution in [1.82, 2.24) is 5.32 Å². The van der Waals surface area contributed by atoms with Crippen LogP contribution in [-0.2, 0) is 0 Å². The van der Waals surface area contributed by atoms with E-state index in [4.69, 9.17) is 0 Å². The number of hydrogen-bond acceptors (Lipinski definition) is 1. The molecule has 0 aromatic carbocycles. The first-order valence-electron chi connectivity index (χ1n) is 7.97. The zero-order valence-corrected chi connectivity index (χ0v) is 11.9. The van der Waals surface area contributed by atoms with E-state index in [0.29, 0.717) is 0 Å². The highest BCUT2D eigenvalue weighted by Crippen LogP contribution is 2.34. The standard InChI is InChI=1S/C16H31N/c1-13-6-3-7-14(12-13)8-4-9-15-10-5-11-16(15)17-2/h13-17H,3-12H2,1-2H3. The highest BCUT2D eigenvalue weighted by atomic mass is 14.9. The molecule has 0 amide bonds. The first kappa shape index (κ1) is 13.4. The Morgan fingerprint density at radius 1 is 1.00 bits per heavy atom. The Morgan fingerprint density at radius 3 is 2.59 bits per heavy atom. The maximum Gasteiger partial charge on any atom is 0.00923 e. The first-order chi connectivity index (χ1) is 8.29. The third-order valence-corrected chi connectivity index (χ3v) is 5.26. The molecule has 2 rings (SSSR count). The summed E-state index contributed by atoms with van der Waals surface area (Å²) in [7, 11) is 2.14. The Kier molecular flexibility index (Phi) is 5.34. The molecule has 0 bridgehead atoms. The molecule has 100 valence electrons. The van der Waals surface area contributed by atoms with Crippen molar-refractivity contribution in [3.63, 3.8) is 0 Å². The van der Waals surface area contributed by atoms with Crippen molar-refractivity contribution in [2.24, 2.45) is 17.8 Å². The molecule has 1 nitrogen and oxygen atoms in total. The average molecular weight is 237 g/mol. The maximum atomic E-state index is 3.51. The van der Waals surface area contributed by atoms with Crippen molar-refractivity contribution in [1.29, 1.82) is 0 Å². The fourth-order valence-electron chi connectivity index (χ4n) is 4.25. The monoisotopic (exact) mass is 237 g/mol. The van der Waals surface area contributed by atoms with Crippen LogP contribution in [-0.4, -0.2) is 13.1 Å². The molecule has 4 atom stereocenters. The maximum absolute atomic E-state index is 3.51. The van der Waals surface area contributed by atoms with Crippen LogP contribution in [0.5, 0.6) is 0 Å². The number of rotatable bonds is 5. The second kappa shape index (κ2) is 6.78. The van der Waals surface area contributed by atoms with Gasteiger partial charge in [0.25, 0.3) is 0 Å². The van der Waals surface area contributed by atoms with E-state index in [9.17, 15) is 0 Å². The van der Waals surface area contributed by atoms with Crippen LogP contribution in [0.3, 0.4) is 0 Å². The van der Waals surface area contributed by atoms with Gasteiger partial charge in [0, 0.05) is 6.04 Å². The molecule has 2 fully saturated rings. The quantitative estimate of drug-likeness (QED) is 0.748. The van der Waals surface area contributed by atoms with Crippen LogP contribution in [0.2, 0.25) is 0 Å². The Bertz CT molecular complexity index is 214. The van der Waals surface area contributed by atoms with Crippen molar-refractivity contribution in [3.05, 3.63) is 0 Å². The molecular formula is C16H31N. The van der Waals surface area contributed by atoms with Gasteiger partial charge in [-0.05, 0) is 50.5 Å². The molecule has 0 saturated heterocycles. The van der Waals surface area contributed by atoms with E-state index in [0.717, 1.165) is 23.8 Å². The van der Waals surface area contributed by atoms with Gasteiger partial charge in [0.05, 0.1) is 0 Å². The molecule has 0 heterocycles. The Balaban J connectivity index is 1.62. The zero-order valence-electron chi connectivity index (χ0n) is 11.9. The van der Waals surface area contributed by atoms with Gasteiger partial charge in [0.15, 0.2) is 0 Å². The summed E-state index contributed by atoms with van der Waals surface area (Å²) >= 11 is 0. The summed E-state index contributed by atoms with van der Waals surface area (Å²) in [5.74, 6) is 3.06. The number of nitrogens with one attached hydrogen (secondary N) is 1. The smallest absolute Gasteiger partial charge is 0.00923 e. The minimum Gasteiger partial charge on any atom is -0.317 e. The van der Waals surface area contributed by atoms with Crippen LogP contribution in [0, 0.1) is 17.8 Å². The van der Waals surface area contributed by atoms with Crippen LogP contribution >= 0.6 is 0 Å². The molecule has 0 aromatic rings. The molecular weight excluding hydrogens is 206 g/mol. The summed E-state index contributed by atoms with van der Waals surface area (Å²) in [6.07, 6.45) is 14.8. The van der Waals surface area contributed by atoms with Gasteiger partial charge in [-0.2, -0.15) is 0 Å². The molecule has 4 unspecified atom stereocenters. The predicted molar refractivity (Wildman–Crippen MR) is 75.2 cm³/mol. The van der Waals surface area contributed by atoms with Crippen molar-refractivity contribution in [3.8, 4) is 0 Å². The second-order valence-electron chi connectivity index (χ2n) is 6.65. The fraction of sp³-hybridized carbons (Fsp3) is 1.00. The predicted octanol–water partition coefficient (Wildman–Crippen LogP) is 4.37.